The normalized spacial score (nSPS) is 10.3. The first-order valence-corrected chi connectivity index (χ1v) is 5.59. The summed E-state index contributed by atoms with van der Waals surface area (Å²) in [5, 5.41) is 7.25. The first kappa shape index (κ1) is 12.0. The third kappa shape index (κ3) is 2.27. The maximum Gasteiger partial charge on any atom is 0.250 e. The van der Waals surface area contributed by atoms with Crippen LogP contribution in [0.4, 0.5) is 17.1 Å². The zero-order chi connectivity index (χ0) is 13.1. The number of carbonyl (C=O) groups excluding carboxylic acids is 1. The molecule has 0 spiro atoms. The van der Waals surface area contributed by atoms with Gasteiger partial charge >= 0.3 is 0 Å². The van der Waals surface area contributed by atoms with Gasteiger partial charge in [0.2, 0.25) is 0 Å². The van der Waals surface area contributed by atoms with Crippen molar-refractivity contribution in [2.24, 2.45) is 5.73 Å². The van der Waals surface area contributed by atoms with Crippen LogP contribution in [0.3, 0.4) is 0 Å². The van der Waals surface area contributed by atoms with E-state index in [4.69, 9.17) is 11.5 Å². The first-order chi connectivity index (χ1) is 8.61. The third-order valence-electron chi connectivity index (χ3n) is 2.61. The number of benzene rings is 1. The number of aromatic nitrogens is 2. The predicted molar refractivity (Wildman–Crippen MR) is 70.6 cm³/mol. The van der Waals surface area contributed by atoms with Crippen molar-refractivity contribution in [1.29, 1.82) is 0 Å². The summed E-state index contributed by atoms with van der Waals surface area (Å²) >= 11 is 0. The molecule has 1 heterocycles. The number of hydrogen-bond donors (Lipinski definition) is 3. The molecule has 2 rings (SSSR count). The molecule has 0 radical (unpaired) electrons. The van der Waals surface area contributed by atoms with Gasteiger partial charge in [0.1, 0.15) is 0 Å². The zero-order valence-corrected chi connectivity index (χ0v) is 10.1. The van der Waals surface area contributed by atoms with Crippen molar-refractivity contribution in [3.8, 4) is 0 Å². The maximum absolute atomic E-state index is 11.2. The van der Waals surface area contributed by atoms with Crippen LogP contribution < -0.4 is 16.8 Å². The molecule has 6 nitrogen and oxygen atoms in total. The molecule has 1 aromatic heterocycles. The molecule has 0 saturated heterocycles. The Balaban J connectivity index is 2.29. The highest BCUT2D eigenvalue weighted by Crippen LogP contribution is 2.25. The molecular formula is C12H15N5O. The van der Waals surface area contributed by atoms with E-state index < -0.39 is 5.91 Å². The van der Waals surface area contributed by atoms with E-state index in [-0.39, 0.29) is 0 Å². The number of nitrogen functional groups attached to an aromatic ring is 1. The number of hydrogen-bond acceptors (Lipinski definition) is 4. The molecule has 0 aliphatic carbocycles. The van der Waals surface area contributed by atoms with Crippen molar-refractivity contribution < 1.29 is 4.79 Å². The average Bonchev–Trinajstić information content (AvgIpc) is 2.79. The number of para-hydroxylation sites is 1. The van der Waals surface area contributed by atoms with Gasteiger partial charge in [0.15, 0.2) is 0 Å². The summed E-state index contributed by atoms with van der Waals surface area (Å²) in [5.41, 5.74) is 13.2. The highest BCUT2D eigenvalue weighted by Gasteiger charge is 2.09. The minimum absolute atomic E-state index is 0.308. The van der Waals surface area contributed by atoms with Crippen LogP contribution in [0.25, 0.3) is 0 Å². The minimum atomic E-state index is -0.541. The Kier molecular flexibility index (Phi) is 3.18. The first-order valence-electron chi connectivity index (χ1n) is 5.59. The molecule has 1 aromatic carbocycles. The van der Waals surface area contributed by atoms with Crippen molar-refractivity contribution in [3.63, 3.8) is 0 Å². The lowest BCUT2D eigenvalue weighted by Crippen LogP contribution is -2.14. The van der Waals surface area contributed by atoms with E-state index in [1.54, 1.807) is 29.1 Å². The van der Waals surface area contributed by atoms with E-state index >= 15 is 0 Å². The van der Waals surface area contributed by atoms with Gasteiger partial charge in [0.25, 0.3) is 5.91 Å². The number of rotatable bonds is 4. The fraction of sp³-hybridized carbons (Fsp3) is 0.167. The molecular weight excluding hydrogens is 230 g/mol. The van der Waals surface area contributed by atoms with Gasteiger partial charge in [-0.3, -0.25) is 9.48 Å². The summed E-state index contributed by atoms with van der Waals surface area (Å²) in [4.78, 5) is 11.2. The van der Waals surface area contributed by atoms with Gasteiger partial charge in [-0.2, -0.15) is 5.10 Å². The molecule has 2 aromatic rings. The van der Waals surface area contributed by atoms with Gasteiger partial charge in [-0.25, -0.2) is 0 Å². The second kappa shape index (κ2) is 4.79. The smallest absolute Gasteiger partial charge is 0.250 e. The Bertz CT molecular complexity index is 576. The summed E-state index contributed by atoms with van der Waals surface area (Å²) < 4.78 is 1.79. The minimum Gasteiger partial charge on any atom is -0.396 e. The van der Waals surface area contributed by atoms with E-state index in [0.29, 0.717) is 16.9 Å². The predicted octanol–water partition coefficient (Wildman–Crippen LogP) is 1.33. The maximum atomic E-state index is 11.2. The van der Waals surface area contributed by atoms with Gasteiger partial charge in [-0.1, -0.05) is 6.07 Å². The molecule has 0 bridgehead atoms. The monoisotopic (exact) mass is 245 g/mol. The summed E-state index contributed by atoms with van der Waals surface area (Å²) in [6.45, 7) is 2.79. The fourth-order valence-electron chi connectivity index (χ4n) is 1.65. The van der Waals surface area contributed by atoms with Gasteiger partial charge in [0.05, 0.1) is 28.8 Å². The van der Waals surface area contributed by atoms with Gasteiger partial charge < -0.3 is 16.8 Å². The van der Waals surface area contributed by atoms with Crippen LogP contribution in [-0.2, 0) is 6.54 Å². The Morgan fingerprint density at radius 2 is 2.28 bits per heavy atom. The summed E-state index contributed by atoms with van der Waals surface area (Å²) in [7, 11) is 0. The van der Waals surface area contributed by atoms with Crippen molar-refractivity contribution in [2.45, 2.75) is 13.5 Å². The molecule has 0 unspecified atom stereocenters. The Morgan fingerprint density at radius 3 is 2.89 bits per heavy atom. The third-order valence-corrected chi connectivity index (χ3v) is 2.61. The van der Waals surface area contributed by atoms with Gasteiger partial charge in [0, 0.05) is 12.7 Å². The Labute approximate surface area is 105 Å². The molecule has 6 heteroatoms. The molecule has 1 amide bonds. The van der Waals surface area contributed by atoms with Crippen molar-refractivity contribution >= 4 is 23.0 Å². The number of carbonyl (C=O) groups is 1. The standard InChI is InChI=1S/C12H15N5O/c1-2-17-7-8(6-15-17)16-10-5-3-4-9(11(10)13)12(14)18/h3-7,16H,2,13H2,1H3,(H2,14,18). The molecule has 94 valence electrons. The summed E-state index contributed by atoms with van der Waals surface area (Å²) in [5.74, 6) is -0.541. The molecule has 18 heavy (non-hydrogen) atoms. The summed E-state index contributed by atoms with van der Waals surface area (Å²) in [6.07, 6.45) is 3.55. The van der Waals surface area contributed by atoms with E-state index in [1.807, 2.05) is 13.1 Å². The summed E-state index contributed by atoms with van der Waals surface area (Å²) in [6, 6.07) is 5.10. The molecule has 0 aliphatic heterocycles. The lowest BCUT2D eigenvalue weighted by atomic mass is 10.1. The highest BCUT2D eigenvalue weighted by molar-refractivity contribution is 6.01. The molecule has 0 saturated carbocycles. The van der Waals surface area contributed by atoms with Gasteiger partial charge in [-0.05, 0) is 19.1 Å². The van der Waals surface area contributed by atoms with Crippen molar-refractivity contribution in [3.05, 3.63) is 36.2 Å². The fourth-order valence-corrected chi connectivity index (χ4v) is 1.65. The van der Waals surface area contributed by atoms with E-state index in [1.165, 1.54) is 0 Å². The number of nitrogens with one attached hydrogen (secondary N) is 1. The quantitative estimate of drug-likeness (QED) is 0.707. The molecule has 0 fully saturated rings. The van der Waals surface area contributed by atoms with Crippen LogP contribution >= 0.6 is 0 Å². The Morgan fingerprint density at radius 1 is 1.50 bits per heavy atom. The lowest BCUT2D eigenvalue weighted by molar-refractivity contribution is 0.100. The van der Waals surface area contributed by atoms with E-state index in [9.17, 15) is 4.79 Å². The van der Waals surface area contributed by atoms with Gasteiger partial charge in [-0.15, -0.1) is 0 Å². The number of nitrogens with zero attached hydrogens (tertiary/aromatic N) is 2. The number of anilines is 3. The number of amides is 1. The second-order valence-corrected chi connectivity index (χ2v) is 3.84. The van der Waals surface area contributed by atoms with Crippen LogP contribution in [0.5, 0.6) is 0 Å². The number of nitrogens with two attached hydrogens (primary N) is 2. The molecule has 0 atom stereocenters. The topological polar surface area (TPSA) is 99.0 Å². The van der Waals surface area contributed by atoms with Crippen LogP contribution in [0, 0.1) is 0 Å². The highest BCUT2D eigenvalue weighted by atomic mass is 16.1. The van der Waals surface area contributed by atoms with Crippen molar-refractivity contribution in [1.82, 2.24) is 9.78 Å². The molecule has 5 N–H and O–H groups in total. The largest absolute Gasteiger partial charge is 0.396 e. The van der Waals surface area contributed by atoms with Crippen LogP contribution in [0.2, 0.25) is 0 Å². The van der Waals surface area contributed by atoms with Crippen molar-refractivity contribution in [2.75, 3.05) is 11.1 Å². The van der Waals surface area contributed by atoms with Crippen LogP contribution in [0.15, 0.2) is 30.6 Å². The zero-order valence-electron chi connectivity index (χ0n) is 10.1. The second-order valence-electron chi connectivity index (χ2n) is 3.84. The van der Waals surface area contributed by atoms with E-state index in [2.05, 4.69) is 10.4 Å². The SMILES string of the molecule is CCn1cc(Nc2cccc(C(N)=O)c2N)cn1. The van der Waals surface area contributed by atoms with E-state index in [0.717, 1.165) is 12.2 Å². The van der Waals surface area contributed by atoms with Crippen LogP contribution in [-0.4, -0.2) is 15.7 Å². The lowest BCUT2D eigenvalue weighted by Gasteiger charge is -2.09. The average molecular weight is 245 g/mol. The molecule has 0 aliphatic rings. The number of primary amides is 1. The van der Waals surface area contributed by atoms with Crippen LogP contribution in [0.1, 0.15) is 17.3 Å². The Hall–Kier alpha value is -2.50. The number of aryl methyl sites for hydroxylation is 1.